The predicted octanol–water partition coefficient (Wildman–Crippen LogP) is 1.88. The van der Waals surface area contributed by atoms with Crippen molar-refractivity contribution in [2.24, 2.45) is 5.92 Å². The fraction of sp³-hybridized carbons (Fsp3) is 0.562. The molecule has 2 atom stereocenters. The van der Waals surface area contributed by atoms with Crippen molar-refractivity contribution in [3.8, 4) is 11.8 Å². The van der Waals surface area contributed by atoms with Crippen LogP contribution in [0, 0.1) is 17.8 Å². The van der Waals surface area contributed by atoms with Crippen molar-refractivity contribution in [2.45, 2.75) is 50.7 Å². The van der Waals surface area contributed by atoms with Gasteiger partial charge in [0.15, 0.2) is 0 Å². The van der Waals surface area contributed by atoms with Crippen LogP contribution in [0.3, 0.4) is 0 Å². The van der Waals surface area contributed by atoms with Crippen molar-refractivity contribution >= 4 is 5.97 Å². The Hall–Kier alpha value is -1.57. The van der Waals surface area contributed by atoms with Crippen LogP contribution in [0.4, 0.5) is 0 Å². The Labute approximate surface area is 119 Å². The maximum Gasteiger partial charge on any atom is 0.303 e. The van der Waals surface area contributed by atoms with Crippen LogP contribution >= 0.6 is 0 Å². The molecule has 1 aliphatic carbocycles. The van der Waals surface area contributed by atoms with E-state index in [1.807, 2.05) is 0 Å². The van der Waals surface area contributed by atoms with Gasteiger partial charge in [0.2, 0.25) is 0 Å². The van der Waals surface area contributed by atoms with E-state index >= 15 is 0 Å². The van der Waals surface area contributed by atoms with Crippen LogP contribution in [0.25, 0.3) is 0 Å². The number of aliphatic hydroxyl groups is 2. The molecule has 0 heterocycles. The Morgan fingerprint density at radius 1 is 1.30 bits per heavy atom. The van der Waals surface area contributed by atoms with Gasteiger partial charge in [0, 0.05) is 6.42 Å². The van der Waals surface area contributed by atoms with Gasteiger partial charge in [0.25, 0.3) is 0 Å². The molecular weight excluding hydrogens is 256 g/mol. The Kier molecular flexibility index (Phi) is 7.71. The third-order valence-electron chi connectivity index (χ3n) is 3.01. The van der Waals surface area contributed by atoms with Gasteiger partial charge in [0.05, 0.1) is 6.10 Å². The van der Waals surface area contributed by atoms with E-state index in [1.165, 1.54) is 12.8 Å². The van der Waals surface area contributed by atoms with Gasteiger partial charge in [-0.1, -0.05) is 42.9 Å². The van der Waals surface area contributed by atoms with Gasteiger partial charge in [0.1, 0.15) is 6.10 Å². The molecular formula is C16H22O4. The molecule has 4 nitrogen and oxygen atoms in total. The van der Waals surface area contributed by atoms with Gasteiger partial charge >= 0.3 is 5.97 Å². The van der Waals surface area contributed by atoms with E-state index < -0.39 is 12.1 Å². The molecule has 0 aromatic rings. The van der Waals surface area contributed by atoms with Crippen molar-refractivity contribution in [2.75, 3.05) is 0 Å². The second kappa shape index (κ2) is 9.35. The van der Waals surface area contributed by atoms with Gasteiger partial charge in [-0.05, 0) is 31.3 Å². The summed E-state index contributed by atoms with van der Waals surface area (Å²) >= 11 is 0. The van der Waals surface area contributed by atoms with E-state index in [2.05, 4.69) is 11.8 Å². The van der Waals surface area contributed by atoms with Crippen molar-refractivity contribution in [1.29, 1.82) is 0 Å². The lowest BCUT2D eigenvalue weighted by Crippen LogP contribution is -2.04. The average molecular weight is 278 g/mol. The van der Waals surface area contributed by atoms with E-state index in [0.29, 0.717) is 18.8 Å². The van der Waals surface area contributed by atoms with Crippen LogP contribution < -0.4 is 0 Å². The molecule has 0 aromatic heterocycles. The maximum atomic E-state index is 10.3. The minimum Gasteiger partial charge on any atom is -0.481 e. The minimum atomic E-state index is -0.861. The summed E-state index contributed by atoms with van der Waals surface area (Å²) in [6, 6.07) is 0. The second-order valence-electron chi connectivity index (χ2n) is 5.08. The van der Waals surface area contributed by atoms with E-state index in [9.17, 15) is 15.0 Å². The topological polar surface area (TPSA) is 77.8 Å². The summed E-state index contributed by atoms with van der Waals surface area (Å²) in [7, 11) is 0. The van der Waals surface area contributed by atoms with E-state index in [0.717, 1.165) is 6.42 Å². The summed E-state index contributed by atoms with van der Waals surface area (Å²) in [5.41, 5.74) is 0. The zero-order chi connectivity index (χ0) is 14.8. The molecule has 20 heavy (non-hydrogen) atoms. The summed E-state index contributed by atoms with van der Waals surface area (Å²) in [5.74, 6) is 5.14. The zero-order valence-electron chi connectivity index (χ0n) is 11.5. The van der Waals surface area contributed by atoms with Crippen molar-refractivity contribution < 1.29 is 20.1 Å². The summed E-state index contributed by atoms with van der Waals surface area (Å²) in [5, 5.41) is 27.5. The number of carboxylic acids is 1. The number of carbonyl (C=O) groups is 1. The molecule has 1 aliphatic rings. The molecule has 0 radical (unpaired) electrons. The van der Waals surface area contributed by atoms with E-state index in [-0.39, 0.29) is 12.5 Å². The second-order valence-corrected chi connectivity index (χ2v) is 5.08. The number of rotatable bonds is 8. The van der Waals surface area contributed by atoms with Crippen LogP contribution in [-0.4, -0.2) is 33.5 Å². The lowest BCUT2D eigenvalue weighted by molar-refractivity contribution is -0.137. The first-order chi connectivity index (χ1) is 9.58. The van der Waals surface area contributed by atoms with Crippen LogP contribution in [0.15, 0.2) is 24.3 Å². The molecule has 1 rings (SSSR count). The fourth-order valence-corrected chi connectivity index (χ4v) is 1.73. The first-order valence-corrected chi connectivity index (χ1v) is 7.00. The van der Waals surface area contributed by atoms with Gasteiger partial charge in [-0.25, -0.2) is 0 Å². The molecule has 0 unspecified atom stereocenters. The minimum absolute atomic E-state index is 0.0518. The Morgan fingerprint density at radius 2 is 2.05 bits per heavy atom. The largest absolute Gasteiger partial charge is 0.481 e. The molecule has 0 bridgehead atoms. The van der Waals surface area contributed by atoms with Gasteiger partial charge in [-0.15, -0.1) is 0 Å². The standard InChI is InChI=1S/C16H22O4/c17-14(8-5-9-16(19)20)6-3-1-2-4-7-15(18)12-13-10-11-13/h1-2,4,7,13-15,17-18H,5,8-12H2,(H,19,20)/b2-1+,7-4+/t14-,15+/m1/s1. The van der Waals surface area contributed by atoms with E-state index in [4.69, 9.17) is 5.11 Å². The maximum absolute atomic E-state index is 10.3. The normalized spacial score (nSPS) is 17.9. The number of hydrogen-bond donors (Lipinski definition) is 3. The monoisotopic (exact) mass is 278 g/mol. The first kappa shape index (κ1) is 16.5. The molecule has 3 N–H and O–H groups in total. The average Bonchev–Trinajstić information content (AvgIpc) is 3.17. The Morgan fingerprint density at radius 3 is 2.70 bits per heavy atom. The number of allylic oxidation sites excluding steroid dienone is 3. The van der Waals surface area contributed by atoms with Crippen LogP contribution in [0.1, 0.15) is 38.5 Å². The van der Waals surface area contributed by atoms with Crippen molar-refractivity contribution in [3.05, 3.63) is 24.3 Å². The fourth-order valence-electron chi connectivity index (χ4n) is 1.73. The van der Waals surface area contributed by atoms with Gasteiger partial charge < -0.3 is 15.3 Å². The van der Waals surface area contributed by atoms with Crippen molar-refractivity contribution in [3.63, 3.8) is 0 Å². The highest BCUT2D eigenvalue weighted by atomic mass is 16.4. The lowest BCUT2D eigenvalue weighted by atomic mass is 10.1. The lowest BCUT2D eigenvalue weighted by Gasteiger charge is -2.01. The Balaban J connectivity index is 2.13. The molecule has 4 heteroatoms. The number of carboxylic acid groups (broad SMARTS) is 1. The van der Waals surface area contributed by atoms with Crippen LogP contribution in [0.2, 0.25) is 0 Å². The smallest absolute Gasteiger partial charge is 0.303 e. The molecule has 110 valence electrons. The molecule has 0 amide bonds. The number of aliphatic carboxylic acids is 1. The first-order valence-electron chi connectivity index (χ1n) is 7.00. The molecule has 0 aliphatic heterocycles. The SMILES string of the molecule is O=C(O)CCC[C@H](O)C#C/C=C/C=C/[C@H](O)CC1CC1. The van der Waals surface area contributed by atoms with Crippen LogP contribution in [-0.2, 0) is 4.79 Å². The van der Waals surface area contributed by atoms with Crippen molar-refractivity contribution in [1.82, 2.24) is 0 Å². The highest BCUT2D eigenvalue weighted by Gasteiger charge is 2.23. The summed E-state index contributed by atoms with van der Waals surface area (Å²) in [6.07, 6.45) is 9.74. The summed E-state index contributed by atoms with van der Waals surface area (Å²) < 4.78 is 0. The van der Waals surface area contributed by atoms with Crippen LogP contribution in [0.5, 0.6) is 0 Å². The number of hydrogen-bond acceptors (Lipinski definition) is 3. The molecule has 0 aromatic carbocycles. The summed E-state index contributed by atoms with van der Waals surface area (Å²) in [4.78, 5) is 10.3. The van der Waals surface area contributed by atoms with Gasteiger partial charge in [-0.3, -0.25) is 4.79 Å². The number of aliphatic hydroxyl groups excluding tert-OH is 2. The molecule has 0 spiro atoms. The Bertz CT molecular complexity index is 410. The zero-order valence-corrected chi connectivity index (χ0v) is 11.5. The molecule has 0 saturated heterocycles. The molecule has 1 fully saturated rings. The third-order valence-corrected chi connectivity index (χ3v) is 3.01. The van der Waals surface area contributed by atoms with Gasteiger partial charge in [-0.2, -0.15) is 0 Å². The predicted molar refractivity (Wildman–Crippen MR) is 76.9 cm³/mol. The highest BCUT2D eigenvalue weighted by Crippen LogP contribution is 2.33. The quantitative estimate of drug-likeness (QED) is 0.468. The van der Waals surface area contributed by atoms with E-state index in [1.54, 1.807) is 24.3 Å². The summed E-state index contributed by atoms with van der Waals surface area (Å²) in [6.45, 7) is 0. The molecule has 1 saturated carbocycles. The highest BCUT2D eigenvalue weighted by molar-refractivity contribution is 5.66. The third kappa shape index (κ3) is 9.37.